The summed E-state index contributed by atoms with van der Waals surface area (Å²) in [5, 5.41) is 10.1. The first-order valence-electron chi connectivity index (χ1n) is 5.53. The second-order valence-electron chi connectivity index (χ2n) is 3.90. The Hall–Kier alpha value is -1.77. The van der Waals surface area contributed by atoms with Gasteiger partial charge in [0.1, 0.15) is 0 Å². The second kappa shape index (κ2) is 5.91. The van der Waals surface area contributed by atoms with Gasteiger partial charge in [0.2, 0.25) is 0 Å². The van der Waals surface area contributed by atoms with E-state index in [2.05, 4.69) is 0 Å². The average Bonchev–Trinajstić information content (AvgIpc) is 2.40. The van der Waals surface area contributed by atoms with Crippen molar-refractivity contribution < 1.29 is 9.90 Å². The molecule has 19 heavy (non-hydrogen) atoms. The van der Waals surface area contributed by atoms with Crippen LogP contribution >= 0.6 is 23.2 Å². The molecule has 0 aliphatic carbocycles. The van der Waals surface area contributed by atoms with Gasteiger partial charge in [-0.15, -0.1) is 0 Å². The number of carboxylic acid groups (broad SMARTS) is 1. The van der Waals surface area contributed by atoms with Gasteiger partial charge >= 0.3 is 5.97 Å². The van der Waals surface area contributed by atoms with Crippen molar-refractivity contribution in [3.05, 3.63) is 69.7 Å². The monoisotopic (exact) mass is 292 g/mol. The van der Waals surface area contributed by atoms with Gasteiger partial charge in [-0.2, -0.15) is 0 Å². The molecule has 0 amide bonds. The summed E-state index contributed by atoms with van der Waals surface area (Å²) in [6, 6.07) is 13.9. The van der Waals surface area contributed by atoms with Gasteiger partial charge in [0.15, 0.2) is 0 Å². The number of halogens is 2. The first-order valence-corrected chi connectivity index (χ1v) is 6.29. The Balaban J connectivity index is 2.47. The Morgan fingerprint density at radius 1 is 1.00 bits per heavy atom. The fourth-order valence-electron chi connectivity index (χ4n) is 1.66. The van der Waals surface area contributed by atoms with Crippen molar-refractivity contribution in [2.45, 2.75) is 0 Å². The molecule has 0 saturated carbocycles. The normalized spacial score (nSPS) is 11.4. The zero-order valence-electron chi connectivity index (χ0n) is 9.81. The van der Waals surface area contributed by atoms with E-state index in [0.717, 1.165) is 0 Å². The van der Waals surface area contributed by atoms with Gasteiger partial charge < -0.3 is 5.11 Å². The van der Waals surface area contributed by atoms with E-state index in [1.54, 1.807) is 48.5 Å². The molecule has 0 fully saturated rings. The summed E-state index contributed by atoms with van der Waals surface area (Å²) in [5.41, 5.74) is 1.54. The van der Waals surface area contributed by atoms with Crippen molar-refractivity contribution in [3.63, 3.8) is 0 Å². The van der Waals surface area contributed by atoms with E-state index in [4.69, 9.17) is 23.2 Å². The highest BCUT2D eigenvalue weighted by Crippen LogP contribution is 2.25. The standard InChI is InChI=1S/C15H10Cl2O2/c16-13-7-6-10(9-14(13)17)8-12(15(18)19)11-4-2-1-3-5-11/h1-9H,(H,18,19)/b12-8-. The number of hydrogen-bond donors (Lipinski definition) is 1. The molecule has 96 valence electrons. The summed E-state index contributed by atoms with van der Waals surface area (Å²) in [4.78, 5) is 11.3. The predicted molar refractivity (Wildman–Crippen MR) is 78.4 cm³/mol. The zero-order chi connectivity index (χ0) is 13.8. The van der Waals surface area contributed by atoms with Crippen LogP contribution in [0.4, 0.5) is 0 Å². The van der Waals surface area contributed by atoms with Crippen molar-refractivity contribution >= 4 is 40.8 Å². The van der Waals surface area contributed by atoms with Crippen molar-refractivity contribution in [1.29, 1.82) is 0 Å². The summed E-state index contributed by atoms with van der Waals surface area (Å²) >= 11 is 11.7. The third-order valence-corrected chi connectivity index (χ3v) is 3.31. The van der Waals surface area contributed by atoms with Crippen LogP contribution in [0.15, 0.2) is 48.5 Å². The van der Waals surface area contributed by atoms with Crippen LogP contribution in [-0.4, -0.2) is 11.1 Å². The van der Waals surface area contributed by atoms with Gasteiger partial charge in [0.05, 0.1) is 15.6 Å². The Bertz CT molecular complexity index is 634. The minimum Gasteiger partial charge on any atom is -0.478 e. The van der Waals surface area contributed by atoms with Crippen LogP contribution in [-0.2, 0) is 4.79 Å². The second-order valence-corrected chi connectivity index (χ2v) is 4.72. The molecule has 2 aromatic carbocycles. The van der Waals surface area contributed by atoms with Crippen LogP contribution in [0.3, 0.4) is 0 Å². The van der Waals surface area contributed by atoms with Crippen molar-refractivity contribution in [1.82, 2.24) is 0 Å². The fourth-order valence-corrected chi connectivity index (χ4v) is 1.96. The van der Waals surface area contributed by atoms with E-state index >= 15 is 0 Å². The Kier molecular flexibility index (Phi) is 4.25. The van der Waals surface area contributed by atoms with E-state index < -0.39 is 5.97 Å². The lowest BCUT2D eigenvalue weighted by molar-refractivity contribution is -0.130. The molecule has 2 rings (SSSR count). The van der Waals surface area contributed by atoms with Gasteiger partial charge in [-0.1, -0.05) is 59.6 Å². The SMILES string of the molecule is O=C(O)/C(=C\c1ccc(Cl)c(Cl)c1)c1ccccc1. The van der Waals surface area contributed by atoms with Crippen LogP contribution in [0, 0.1) is 0 Å². The van der Waals surface area contributed by atoms with Crippen LogP contribution in [0.5, 0.6) is 0 Å². The highest BCUT2D eigenvalue weighted by molar-refractivity contribution is 6.42. The maximum Gasteiger partial charge on any atom is 0.336 e. The molecule has 0 saturated heterocycles. The van der Waals surface area contributed by atoms with Crippen LogP contribution in [0.1, 0.15) is 11.1 Å². The van der Waals surface area contributed by atoms with Crippen molar-refractivity contribution in [3.8, 4) is 0 Å². The molecule has 0 atom stereocenters. The number of carboxylic acids is 1. The van der Waals surface area contributed by atoms with E-state index in [0.29, 0.717) is 21.2 Å². The van der Waals surface area contributed by atoms with E-state index in [1.807, 2.05) is 6.07 Å². The first-order chi connectivity index (χ1) is 9.08. The summed E-state index contributed by atoms with van der Waals surface area (Å²) in [6.07, 6.45) is 1.57. The lowest BCUT2D eigenvalue weighted by atomic mass is 10.0. The molecule has 0 aliphatic heterocycles. The molecule has 0 bridgehead atoms. The van der Waals surface area contributed by atoms with Crippen LogP contribution < -0.4 is 0 Å². The topological polar surface area (TPSA) is 37.3 Å². The summed E-state index contributed by atoms with van der Waals surface area (Å²) in [7, 11) is 0. The fraction of sp³-hybridized carbons (Fsp3) is 0. The van der Waals surface area contributed by atoms with Gasteiger partial charge in [-0.3, -0.25) is 0 Å². The number of hydrogen-bond acceptors (Lipinski definition) is 1. The number of aliphatic carboxylic acids is 1. The van der Waals surface area contributed by atoms with Gasteiger partial charge in [0, 0.05) is 0 Å². The van der Waals surface area contributed by atoms with Crippen LogP contribution in [0.25, 0.3) is 11.6 Å². The lowest BCUT2D eigenvalue weighted by Gasteiger charge is -2.04. The molecule has 0 radical (unpaired) electrons. The van der Waals surface area contributed by atoms with Gasteiger partial charge in [-0.25, -0.2) is 4.79 Å². The lowest BCUT2D eigenvalue weighted by Crippen LogP contribution is -1.99. The molecular formula is C15H10Cl2O2. The first kappa shape index (κ1) is 13.7. The quantitative estimate of drug-likeness (QED) is 0.662. The molecule has 0 unspecified atom stereocenters. The highest BCUT2D eigenvalue weighted by Gasteiger charge is 2.10. The zero-order valence-corrected chi connectivity index (χ0v) is 11.3. The average molecular weight is 293 g/mol. The number of carbonyl (C=O) groups is 1. The van der Waals surface area contributed by atoms with Gasteiger partial charge in [-0.05, 0) is 29.3 Å². The molecule has 0 aromatic heterocycles. The predicted octanol–water partition coefficient (Wildman–Crippen LogP) is 4.62. The van der Waals surface area contributed by atoms with Gasteiger partial charge in [0.25, 0.3) is 0 Å². The molecule has 0 aliphatic rings. The Labute approximate surface area is 120 Å². The Morgan fingerprint density at radius 2 is 1.68 bits per heavy atom. The Morgan fingerprint density at radius 3 is 2.26 bits per heavy atom. The summed E-state index contributed by atoms with van der Waals surface area (Å²) in [5.74, 6) is -0.989. The summed E-state index contributed by atoms with van der Waals surface area (Å²) < 4.78 is 0. The highest BCUT2D eigenvalue weighted by atomic mass is 35.5. The molecule has 4 heteroatoms. The van der Waals surface area contributed by atoms with Crippen molar-refractivity contribution in [2.75, 3.05) is 0 Å². The molecule has 0 heterocycles. The van der Waals surface area contributed by atoms with E-state index in [9.17, 15) is 9.90 Å². The van der Waals surface area contributed by atoms with E-state index in [1.165, 1.54) is 0 Å². The maximum absolute atomic E-state index is 11.3. The minimum absolute atomic E-state index is 0.207. The van der Waals surface area contributed by atoms with E-state index in [-0.39, 0.29) is 5.57 Å². The van der Waals surface area contributed by atoms with Crippen molar-refractivity contribution in [2.24, 2.45) is 0 Å². The molecule has 2 nitrogen and oxygen atoms in total. The third kappa shape index (κ3) is 3.37. The summed E-state index contributed by atoms with van der Waals surface area (Å²) in [6.45, 7) is 0. The third-order valence-electron chi connectivity index (χ3n) is 2.57. The minimum atomic E-state index is -0.989. The smallest absolute Gasteiger partial charge is 0.336 e. The largest absolute Gasteiger partial charge is 0.478 e. The molecule has 1 N–H and O–H groups in total. The number of benzene rings is 2. The molecule has 0 spiro atoms. The molecule has 2 aromatic rings. The molecular weight excluding hydrogens is 283 g/mol. The maximum atomic E-state index is 11.3. The number of rotatable bonds is 3. The van der Waals surface area contributed by atoms with Crippen LogP contribution in [0.2, 0.25) is 10.0 Å².